The second-order valence-corrected chi connectivity index (χ2v) is 19.4. The summed E-state index contributed by atoms with van der Waals surface area (Å²) in [6, 6.07) is 9.82. The maximum Gasteiger partial charge on any atom is 0.276 e. The summed E-state index contributed by atoms with van der Waals surface area (Å²) in [6.45, 7) is 10.1. The number of allylic oxidation sites excluding steroid dienone is 2. The molecule has 2 bridgehead atoms. The third-order valence-electron chi connectivity index (χ3n) is 14.6. The molecule has 2 aromatic carbocycles. The summed E-state index contributed by atoms with van der Waals surface area (Å²) in [6.07, 6.45) is 8.75. The predicted molar refractivity (Wildman–Crippen MR) is 269 cm³/mol. The van der Waals surface area contributed by atoms with Gasteiger partial charge in [-0.1, -0.05) is 12.2 Å². The number of imidazole rings is 2. The van der Waals surface area contributed by atoms with Crippen molar-refractivity contribution in [1.82, 2.24) is 69.5 Å². The fourth-order valence-electron chi connectivity index (χ4n) is 11.1. The van der Waals surface area contributed by atoms with Crippen LogP contribution in [0, 0.1) is 13.8 Å². The molecule has 11 rings (SSSR count). The third-order valence-corrected chi connectivity index (χ3v) is 14.6. The number of carbonyl (C=O) groups is 4. The fraction of sp³-hybridized carbons (Fsp3) is 0.460. The molecule has 3 fully saturated rings. The summed E-state index contributed by atoms with van der Waals surface area (Å²) in [4.78, 5) is 67.8. The number of hydrogen-bond acceptors (Lipinski definition) is 15. The molecule has 0 radical (unpaired) electrons. The van der Waals surface area contributed by atoms with Gasteiger partial charge in [0.2, 0.25) is 17.8 Å². The molecular formula is C50H59N17O7. The van der Waals surface area contributed by atoms with Gasteiger partial charge in [-0.2, -0.15) is 10.2 Å². The molecule has 3 atom stereocenters. The molecule has 4 amide bonds. The van der Waals surface area contributed by atoms with Gasteiger partial charge in [-0.05, 0) is 113 Å². The van der Waals surface area contributed by atoms with Gasteiger partial charge < -0.3 is 34.4 Å². The van der Waals surface area contributed by atoms with Crippen molar-refractivity contribution in [3.8, 4) is 11.5 Å². The number of primary amides is 1. The fourth-order valence-corrected chi connectivity index (χ4v) is 11.1. The van der Waals surface area contributed by atoms with Gasteiger partial charge in [0.1, 0.15) is 47.1 Å². The molecular weight excluding hydrogens is 951 g/mol. The monoisotopic (exact) mass is 1010 g/mol. The summed E-state index contributed by atoms with van der Waals surface area (Å²) < 4.78 is 26.8. The number of aromatic amines is 1. The smallest absolute Gasteiger partial charge is 0.276 e. The van der Waals surface area contributed by atoms with Crippen LogP contribution in [0.1, 0.15) is 117 Å². The van der Waals surface area contributed by atoms with E-state index in [1.807, 2.05) is 49.0 Å². The van der Waals surface area contributed by atoms with Gasteiger partial charge >= 0.3 is 0 Å². The number of rotatable bonds is 11. The zero-order valence-electron chi connectivity index (χ0n) is 41.7. The van der Waals surface area contributed by atoms with Crippen LogP contribution in [0.25, 0.3) is 22.1 Å². The molecule has 3 aliphatic heterocycles. The molecule has 5 aromatic heterocycles. The van der Waals surface area contributed by atoms with E-state index in [-0.39, 0.29) is 79.8 Å². The van der Waals surface area contributed by atoms with E-state index in [4.69, 9.17) is 29.9 Å². The largest absolute Gasteiger partial charge is 0.490 e. The number of morpholine rings is 1. The zero-order valence-corrected chi connectivity index (χ0v) is 41.7. The van der Waals surface area contributed by atoms with E-state index < -0.39 is 17.7 Å². The molecule has 0 spiro atoms. The Hall–Kier alpha value is -7.99. The van der Waals surface area contributed by atoms with E-state index in [9.17, 15) is 19.2 Å². The molecule has 8 heterocycles. The van der Waals surface area contributed by atoms with E-state index in [0.29, 0.717) is 88.2 Å². The van der Waals surface area contributed by atoms with E-state index in [1.54, 1.807) is 45.8 Å². The van der Waals surface area contributed by atoms with Gasteiger partial charge in [0.15, 0.2) is 5.82 Å². The van der Waals surface area contributed by atoms with Crippen LogP contribution in [0.5, 0.6) is 11.5 Å². The maximum absolute atomic E-state index is 14.4. The van der Waals surface area contributed by atoms with Crippen LogP contribution in [0.15, 0.2) is 48.6 Å². The first-order valence-corrected chi connectivity index (χ1v) is 25.3. The Morgan fingerprint density at radius 3 is 1.73 bits per heavy atom. The first kappa shape index (κ1) is 48.3. The van der Waals surface area contributed by atoms with Crippen molar-refractivity contribution < 1.29 is 33.4 Å². The highest BCUT2D eigenvalue weighted by Crippen LogP contribution is 2.37. The highest BCUT2D eigenvalue weighted by atomic mass is 16.5. The minimum Gasteiger partial charge on any atom is -0.490 e. The summed E-state index contributed by atoms with van der Waals surface area (Å²) >= 11 is 0. The summed E-state index contributed by atoms with van der Waals surface area (Å²) in [5, 5.41) is 32.8. The molecule has 4 aliphatic rings. The number of tetrazole rings is 1. The number of aromatic nitrogens is 12. The van der Waals surface area contributed by atoms with Gasteiger partial charge in [-0.25, -0.2) is 15.1 Å². The molecule has 74 heavy (non-hydrogen) atoms. The average Bonchev–Trinajstić information content (AvgIpc) is 4.27. The second-order valence-electron chi connectivity index (χ2n) is 19.4. The first-order chi connectivity index (χ1) is 35.9. The highest BCUT2D eigenvalue weighted by molar-refractivity contribution is 6.05. The lowest BCUT2D eigenvalue weighted by Crippen LogP contribution is -2.55. The molecule has 1 aliphatic carbocycles. The first-order valence-electron chi connectivity index (χ1n) is 25.3. The summed E-state index contributed by atoms with van der Waals surface area (Å²) in [5.74, 6) is 0.277. The lowest BCUT2D eigenvalue weighted by atomic mass is 9.85. The molecule has 1 saturated carbocycles. The normalized spacial score (nSPS) is 21.6. The van der Waals surface area contributed by atoms with Crippen LogP contribution in [-0.2, 0) is 30.9 Å². The number of hydrogen-bond donors (Lipinski definition) is 5. The number of ether oxygens (including phenoxy) is 3. The SMILES string of the molecule is CCn1nc(C)cc1C(=O)Nc1nc2cc(C(N)=O)cc3c2n1C/C=C/Cn1c(NC(=O)c2cc(C)nn2CC)nc2cc(C(=O)N[C@H]4CC[C@H](c5nnn[nH]5)CC4)cc(c21)OCC(N1C2CCC1COC2)CO3. The second kappa shape index (κ2) is 20.1. The van der Waals surface area contributed by atoms with Crippen LogP contribution in [-0.4, -0.2) is 138 Å². The predicted octanol–water partition coefficient (Wildman–Crippen LogP) is 4.27. The van der Waals surface area contributed by atoms with Gasteiger partial charge in [-0.3, -0.25) is 44.1 Å². The minimum absolute atomic E-state index is 0.0836. The average molecular weight is 1010 g/mol. The van der Waals surface area contributed by atoms with Gasteiger partial charge in [-0.15, -0.1) is 5.10 Å². The van der Waals surface area contributed by atoms with E-state index in [2.05, 4.69) is 51.7 Å². The number of nitrogens with one attached hydrogen (secondary N) is 4. The van der Waals surface area contributed by atoms with E-state index >= 15 is 0 Å². The third kappa shape index (κ3) is 9.33. The number of aryl methyl sites for hydroxylation is 4. The van der Waals surface area contributed by atoms with Crippen molar-refractivity contribution in [2.45, 2.75) is 122 Å². The van der Waals surface area contributed by atoms with Crippen molar-refractivity contribution in [1.29, 1.82) is 0 Å². The van der Waals surface area contributed by atoms with Gasteiger partial charge in [0.05, 0.1) is 41.7 Å². The molecule has 24 nitrogen and oxygen atoms in total. The van der Waals surface area contributed by atoms with Crippen molar-refractivity contribution in [3.05, 3.63) is 88.3 Å². The van der Waals surface area contributed by atoms with Gasteiger partial charge in [0.25, 0.3) is 17.7 Å². The van der Waals surface area contributed by atoms with Crippen molar-refractivity contribution >= 4 is 57.6 Å². The Bertz CT molecular complexity index is 3290. The number of carbonyl (C=O) groups excluding carboxylic acids is 4. The molecule has 24 heteroatoms. The van der Waals surface area contributed by atoms with Crippen LogP contribution in [0.2, 0.25) is 0 Å². The molecule has 386 valence electrons. The Morgan fingerprint density at radius 1 is 0.676 bits per heavy atom. The van der Waals surface area contributed by atoms with Crippen LogP contribution < -0.4 is 31.2 Å². The summed E-state index contributed by atoms with van der Waals surface area (Å²) in [7, 11) is 0. The Labute approximate surface area is 424 Å². The quantitative estimate of drug-likeness (QED) is 0.113. The van der Waals surface area contributed by atoms with Crippen LogP contribution in [0.4, 0.5) is 11.9 Å². The molecule has 7 aromatic rings. The zero-order chi connectivity index (χ0) is 51.2. The molecule has 6 N–H and O–H groups in total. The number of H-pyrrole nitrogens is 1. The molecule has 3 unspecified atom stereocenters. The number of nitrogens with zero attached hydrogens (tertiary/aromatic N) is 12. The number of benzene rings is 2. The van der Waals surface area contributed by atoms with Gasteiger partial charge in [0, 0.05) is 61.3 Å². The van der Waals surface area contributed by atoms with Crippen LogP contribution >= 0.6 is 0 Å². The standard InChI is InChI=1S/C50H59N17O7/c1-5-65-38(17-27(3)59-65)47(70)55-49-53-36-19-30(44(51)68)21-40-42(36)63(49)15-7-8-16-64-43-37(54-50(64)56-48(71)39-18-28(4)60-66(39)6-2)20-31(46(69)52-32-11-9-29(10-12-32)45-57-61-62-58-45)22-41(43)74-26-35(25-73-40)67-33-13-14-34(67)24-72-23-33/h7-8,17-22,29,32-35H,5-6,9-16,23-26H2,1-4H3,(H2,51,68)(H,52,69)(H,53,55,70)(H,54,56,71)(H,57,58,61,62)/b8-7+/t29-,32-,33?,34?,35?. The minimum atomic E-state index is -0.673. The number of anilines is 2. The topological polar surface area (TPSA) is 287 Å². The highest BCUT2D eigenvalue weighted by Gasteiger charge is 2.42. The molecule has 2 saturated heterocycles. The lowest BCUT2D eigenvalue weighted by Gasteiger charge is -2.40. The Kier molecular flexibility index (Phi) is 13.1. The van der Waals surface area contributed by atoms with Crippen molar-refractivity contribution in [2.24, 2.45) is 5.73 Å². The van der Waals surface area contributed by atoms with Crippen molar-refractivity contribution in [3.63, 3.8) is 0 Å². The lowest BCUT2D eigenvalue weighted by molar-refractivity contribution is -0.0534. The maximum atomic E-state index is 14.4. The van der Waals surface area contributed by atoms with E-state index in [0.717, 1.165) is 44.3 Å². The number of nitrogens with two attached hydrogens (primary N) is 1. The Morgan fingerprint density at radius 2 is 1.22 bits per heavy atom. The summed E-state index contributed by atoms with van der Waals surface area (Å²) in [5.41, 5.74) is 10.4. The Balaban J connectivity index is 1.01. The number of fused-ring (bicyclic) bond motifs is 2. The number of amides is 4. The van der Waals surface area contributed by atoms with E-state index in [1.165, 1.54) is 0 Å². The van der Waals surface area contributed by atoms with Crippen LogP contribution in [0.3, 0.4) is 0 Å². The van der Waals surface area contributed by atoms with Crippen molar-refractivity contribution in [2.75, 3.05) is 37.1 Å².